The molecule has 0 heterocycles. The Bertz CT molecular complexity index is 65.4. The molecule has 8 heavy (non-hydrogen) atoms. The Hall–Kier alpha value is 1.60. The molecule has 0 aliphatic heterocycles. The Morgan fingerprint density at radius 1 is 1.38 bits per heavy atom. The van der Waals surface area contributed by atoms with E-state index in [1.54, 1.807) is 0 Å². The molecule has 0 amide bonds. The normalized spacial score (nSPS) is 7.38. The summed E-state index contributed by atoms with van der Waals surface area (Å²) in [5, 5.41) is 0. The number of halogens is 1. The van der Waals surface area contributed by atoms with E-state index < -0.39 is 7.91 Å². The van der Waals surface area contributed by atoms with E-state index in [-0.39, 0.29) is 54.1 Å². The second kappa shape index (κ2) is 8.60. The van der Waals surface area contributed by atoms with Gasteiger partial charge >= 0.3 is 37.5 Å². The van der Waals surface area contributed by atoms with Crippen LogP contribution in [0.25, 0.3) is 0 Å². The Labute approximate surface area is 80.1 Å². The fourth-order valence-electron chi connectivity index (χ4n) is 0. The van der Waals surface area contributed by atoms with Crippen LogP contribution in [0, 0.1) is 0 Å². The van der Waals surface area contributed by atoms with E-state index >= 15 is 0 Å². The van der Waals surface area contributed by atoms with Crippen LogP contribution in [-0.4, -0.2) is 39.3 Å². The zero-order valence-electron chi connectivity index (χ0n) is 2.51. The third-order valence-corrected chi connectivity index (χ3v) is 0. The minimum atomic E-state index is -5.14. The first-order valence-electron chi connectivity index (χ1n) is 0.752. The molecule has 49 valence electrons. The van der Waals surface area contributed by atoms with Crippen molar-refractivity contribution in [1.82, 2.24) is 0 Å². The van der Waals surface area contributed by atoms with Crippen LogP contribution in [0.2, 0.25) is 0 Å². The molecule has 3 nitrogen and oxygen atoms in total. The topological polar surface area (TPSA) is 57.5 Å². The summed E-state index contributed by atoms with van der Waals surface area (Å²) < 4.78 is 19.0. The molecule has 0 atom stereocenters. The van der Waals surface area contributed by atoms with E-state index in [2.05, 4.69) is 0 Å². The molecule has 0 fully saturated rings. The molecule has 1 radical (unpaired) electrons. The average molecular weight is 195 g/mol. The van der Waals surface area contributed by atoms with Gasteiger partial charge in [-0.3, -0.25) is 9.79 Å². The SMILES string of the molecule is C.O=P(O)(O)F.[Mn].[NaH]. The fraction of sp³-hybridized carbons (Fsp3) is 1.00. The van der Waals surface area contributed by atoms with Gasteiger partial charge in [0.25, 0.3) is 0 Å². The molecule has 0 aromatic carbocycles. The van der Waals surface area contributed by atoms with Crippen LogP contribution < -0.4 is 0 Å². The molecule has 0 spiro atoms. The summed E-state index contributed by atoms with van der Waals surface area (Å²) in [6.45, 7) is 0. The van der Waals surface area contributed by atoms with E-state index in [9.17, 15) is 4.20 Å². The second-order valence-corrected chi connectivity index (χ2v) is 1.42. The van der Waals surface area contributed by atoms with Crippen LogP contribution in [-0.2, 0) is 21.6 Å². The molecule has 0 saturated carbocycles. The van der Waals surface area contributed by atoms with Crippen molar-refractivity contribution >= 4 is 37.5 Å². The number of hydrogen-bond acceptors (Lipinski definition) is 1. The van der Waals surface area contributed by atoms with Crippen LogP contribution in [0.4, 0.5) is 4.20 Å². The molecule has 0 unspecified atom stereocenters. The van der Waals surface area contributed by atoms with Gasteiger partial charge in [0, 0.05) is 17.1 Å². The van der Waals surface area contributed by atoms with Gasteiger partial charge in [-0.25, -0.2) is 4.57 Å². The zero-order valence-corrected chi connectivity index (χ0v) is 4.58. The molecule has 0 rings (SSSR count). The summed E-state index contributed by atoms with van der Waals surface area (Å²) in [5.74, 6) is 0. The molecular weight excluding hydrogens is 188 g/mol. The Kier molecular flexibility index (Phi) is 24.3. The third kappa shape index (κ3) is 129. The van der Waals surface area contributed by atoms with Gasteiger partial charge in [-0.05, 0) is 0 Å². The van der Waals surface area contributed by atoms with Crippen molar-refractivity contribution in [3.05, 3.63) is 0 Å². The third-order valence-electron chi connectivity index (χ3n) is 0. The quantitative estimate of drug-likeness (QED) is 0.423. The Morgan fingerprint density at radius 3 is 1.38 bits per heavy atom. The van der Waals surface area contributed by atoms with Gasteiger partial charge in [0.15, 0.2) is 0 Å². The van der Waals surface area contributed by atoms with Crippen molar-refractivity contribution in [3.63, 3.8) is 0 Å². The summed E-state index contributed by atoms with van der Waals surface area (Å²) in [6, 6.07) is 0. The van der Waals surface area contributed by atoms with E-state index in [4.69, 9.17) is 14.4 Å². The van der Waals surface area contributed by atoms with Crippen molar-refractivity contribution in [2.24, 2.45) is 0 Å². The molecule has 2 N–H and O–H groups in total. The first kappa shape index (κ1) is 22.6. The molecule has 0 saturated heterocycles. The van der Waals surface area contributed by atoms with Crippen molar-refractivity contribution in [2.45, 2.75) is 7.43 Å². The summed E-state index contributed by atoms with van der Waals surface area (Å²) in [6.07, 6.45) is 0. The van der Waals surface area contributed by atoms with E-state index in [0.29, 0.717) is 0 Å². The van der Waals surface area contributed by atoms with Crippen LogP contribution in [0.5, 0.6) is 0 Å². The zero-order chi connectivity index (χ0) is 4.50. The summed E-state index contributed by atoms with van der Waals surface area (Å²) >= 11 is 0. The van der Waals surface area contributed by atoms with Gasteiger partial charge in [-0.2, -0.15) is 0 Å². The molecule has 0 aromatic heterocycles. The van der Waals surface area contributed by atoms with Gasteiger partial charge in [0.2, 0.25) is 0 Å². The monoisotopic (exact) mass is 195 g/mol. The van der Waals surface area contributed by atoms with Crippen molar-refractivity contribution < 1.29 is 35.6 Å². The average Bonchev–Trinajstić information content (AvgIpc) is 0.722. The molecular formula is CH7FMnNaO3P. The summed E-state index contributed by atoms with van der Waals surface area (Å²) in [7, 11) is -5.14. The summed E-state index contributed by atoms with van der Waals surface area (Å²) in [5.41, 5.74) is 0. The fourth-order valence-corrected chi connectivity index (χ4v) is 0. The second-order valence-electron chi connectivity index (χ2n) is 0.473. The molecule has 0 aromatic rings. The minimum absolute atomic E-state index is 0. The Balaban J connectivity index is -0.0000000267. The van der Waals surface area contributed by atoms with Gasteiger partial charge in [-0.1, -0.05) is 7.43 Å². The van der Waals surface area contributed by atoms with Crippen molar-refractivity contribution in [2.75, 3.05) is 0 Å². The summed E-state index contributed by atoms with van der Waals surface area (Å²) in [4.78, 5) is 13.9. The van der Waals surface area contributed by atoms with Crippen molar-refractivity contribution in [1.29, 1.82) is 0 Å². The number of hydrogen-bond donors (Lipinski definition) is 2. The van der Waals surface area contributed by atoms with Crippen molar-refractivity contribution in [3.8, 4) is 0 Å². The molecule has 0 aliphatic rings. The predicted molar refractivity (Wildman–Crippen MR) is 27.0 cm³/mol. The van der Waals surface area contributed by atoms with E-state index in [1.165, 1.54) is 0 Å². The van der Waals surface area contributed by atoms with E-state index in [0.717, 1.165) is 0 Å². The molecule has 7 heteroatoms. The van der Waals surface area contributed by atoms with Crippen LogP contribution in [0.15, 0.2) is 0 Å². The van der Waals surface area contributed by atoms with E-state index in [1.807, 2.05) is 0 Å². The van der Waals surface area contributed by atoms with Crippen LogP contribution >= 0.6 is 7.91 Å². The van der Waals surface area contributed by atoms with Gasteiger partial charge in [-0.15, -0.1) is 4.20 Å². The Morgan fingerprint density at radius 2 is 1.38 bits per heavy atom. The molecule has 0 aliphatic carbocycles. The first-order chi connectivity index (χ1) is 2.00. The number of rotatable bonds is 0. The maximum atomic E-state index is 10.4. The van der Waals surface area contributed by atoms with Crippen LogP contribution in [0.3, 0.4) is 0 Å². The van der Waals surface area contributed by atoms with Gasteiger partial charge < -0.3 is 0 Å². The van der Waals surface area contributed by atoms with Gasteiger partial charge in [0.05, 0.1) is 0 Å². The standard InChI is InChI=1S/CH4.FH2O3P.Mn.Na.H/c;1-5(2,3)4;;;/h1H4;(H2,2,3,4);;;. The maximum absolute atomic E-state index is 10.4. The predicted octanol–water partition coefficient (Wildman–Crippen LogP) is 0.0337. The first-order valence-corrected chi connectivity index (χ1v) is 2.25. The molecule has 0 bridgehead atoms. The van der Waals surface area contributed by atoms with Crippen LogP contribution in [0.1, 0.15) is 7.43 Å². The van der Waals surface area contributed by atoms with Gasteiger partial charge in [0.1, 0.15) is 0 Å².